The van der Waals surface area contributed by atoms with Crippen molar-refractivity contribution in [1.82, 2.24) is 20.9 Å². The first kappa shape index (κ1) is 17.4. The Morgan fingerprint density at radius 2 is 1.63 bits per heavy atom. The number of amides is 5. The van der Waals surface area contributed by atoms with Gasteiger partial charge in [-0.15, -0.1) is 0 Å². The van der Waals surface area contributed by atoms with Crippen LogP contribution in [-0.2, 0) is 11.3 Å². The van der Waals surface area contributed by atoms with Crippen molar-refractivity contribution in [2.75, 3.05) is 0 Å². The average molecular weight is 385 g/mol. The second kappa shape index (κ2) is 6.92. The minimum atomic E-state index is -0.776. The van der Waals surface area contributed by atoms with Crippen molar-refractivity contribution in [3.05, 3.63) is 70.7 Å². The SMILES string of the molecule is O=C1NC(c2ccccc2Cl)C2C(=O)NC(=O)N(Cc3ccccc3)C2N1. The molecule has 2 aromatic rings. The minimum absolute atomic E-state index is 0.261. The van der Waals surface area contributed by atoms with Crippen LogP contribution in [0.4, 0.5) is 9.59 Å². The maximum Gasteiger partial charge on any atom is 0.326 e. The number of carbonyl (C=O) groups excluding carboxylic acids is 3. The topological polar surface area (TPSA) is 90.5 Å². The molecule has 2 aliphatic rings. The van der Waals surface area contributed by atoms with Gasteiger partial charge in [0.05, 0.1) is 6.04 Å². The fraction of sp³-hybridized carbons (Fsp3) is 0.211. The molecule has 2 fully saturated rings. The molecule has 3 N–H and O–H groups in total. The maximum atomic E-state index is 12.6. The molecule has 3 atom stereocenters. The normalized spacial score (nSPS) is 24.6. The van der Waals surface area contributed by atoms with Crippen molar-refractivity contribution in [2.45, 2.75) is 18.8 Å². The number of carbonyl (C=O) groups is 3. The van der Waals surface area contributed by atoms with Crippen LogP contribution in [-0.4, -0.2) is 29.0 Å². The maximum absolute atomic E-state index is 12.6. The van der Waals surface area contributed by atoms with Gasteiger partial charge in [0.25, 0.3) is 0 Å². The van der Waals surface area contributed by atoms with Crippen molar-refractivity contribution in [2.24, 2.45) is 5.92 Å². The Labute approximate surface area is 160 Å². The third kappa shape index (κ3) is 3.21. The van der Waals surface area contributed by atoms with E-state index in [-0.39, 0.29) is 6.54 Å². The highest BCUT2D eigenvalue weighted by Gasteiger charge is 2.50. The van der Waals surface area contributed by atoms with Gasteiger partial charge in [-0.05, 0) is 17.2 Å². The number of halogens is 1. The van der Waals surface area contributed by atoms with Crippen LogP contribution in [0, 0.1) is 5.92 Å². The summed E-state index contributed by atoms with van der Waals surface area (Å²) in [6.07, 6.45) is -0.776. The van der Waals surface area contributed by atoms with Gasteiger partial charge in [-0.1, -0.05) is 60.1 Å². The van der Waals surface area contributed by atoms with Crippen LogP contribution >= 0.6 is 11.6 Å². The summed E-state index contributed by atoms with van der Waals surface area (Å²) in [4.78, 5) is 38.9. The summed E-state index contributed by atoms with van der Waals surface area (Å²) in [6.45, 7) is 0.261. The summed E-state index contributed by atoms with van der Waals surface area (Å²) in [6, 6.07) is 14.8. The molecule has 7 nitrogen and oxygen atoms in total. The first-order chi connectivity index (χ1) is 13.0. The van der Waals surface area contributed by atoms with E-state index in [0.29, 0.717) is 10.6 Å². The average Bonchev–Trinajstić information content (AvgIpc) is 2.65. The molecule has 5 amide bonds. The van der Waals surface area contributed by atoms with Crippen molar-refractivity contribution < 1.29 is 14.4 Å². The molecule has 0 spiro atoms. The van der Waals surface area contributed by atoms with Gasteiger partial charge in [0, 0.05) is 11.6 Å². The summed E-state index contributed by atoms with van der Waals surface area (Å²) in [7, 11) is 0. The molecule has 0 bridgehead atoms. The zero-order valence-electron chi connectivity index (χ0n) is 14.2. The Balaban J connectivity index is 1.71. The van der Waals surface area contributed by atoms with Crippen LogP contribution in [0.3, 0.4) is 0 Å². The fourth-order valence-electron chi connectivity index (χ4n) is 3.58. The van der Waals surface area contributed by atoms with E-state index in [1.165, 1.54) is 4.90 Å². The Morgan fingerprint density at radius 1 is 0.926 bits per heavy atom. The first-order valence-corrected chi connectivity index (χ1v) is 8.89. The number of imide groups is 1. The molecule has 0 aromatic heterocycles. The smallest absolute Gasteiger partial charge is 0.326 e. The molecule has 2 aliphatic heterocycles. The largest absolute Gasteiger partial charge is 0.330 e. The van der Waals surface area contributed by atoms with Crippen molar-refractivity contribution in [1.29, 1.82) is 0 Å². The van der Waals surface area contributed by atoms with Crippen LogP contribution in [0.15, 0.2) is 54.6 Å². The molecule has 0 aliphatic carbocycles. The van der Waals surface area contributed by atoms with Crippen LogP contribution < -0.4 is 16.0 Å². The van der Waals surface area contributed by atoms with Gasteiger partial charge < -0.3 is 10.6 Å². The van der Waals surface area contributed by atoms with E-state index in [2.05, 4.69) is 16.0 Å². The van der Waals surface area contributed by atoms with Crippen LogP contribution in [0.5, 0.6) is 0 Å². The molecular formula is C19H17ClN4O3. The molecule has 2 aromatic carbocycles. The highest BCUT2D eigenvalue weighted by atomic mass is 35.5. The quantitative estimate of drug-likeness (QED) is 0.758. The summed E-state index contributed by atoms with van der Waals surface area (Å²) in [5.74, 6) is -1.17. The third-order valence-corrected chi connectivity index (χ3v) is 5.17. The number of benzene rings is 2. The molecule has 2 saturated heterocycles. The summed E-state index contributed by atoms with van der Waals surface area (Å²) < 4.78 is 0. The molecule has 27 heavy (non-hydrogen) atoms. The Kier molecular flexibility index (Phi) is 4.45. The highest BCUT2D eigenvalue weighted by Crippen LogP contribution is 2.35. The van der Waals surface area contributed by atoms with Crippen molar-refractivity contribution in [3.63, 3.8) is 0 Å². The molecule has 4 rings (SSSR count). The molecule has 3 unspecified atom stereocenters. The lowest BCUT2D eigenvalue weighted by atomic mass is 9.86. The number of hydrogen-bond donors (Lipinski definition) is 3. The number of fused-ring (bicyclic) bond motifs is 1. The van der Waals surface area contributed by atoms with E-state index in [1.54, 1.807) is 24.3 Å². The summed E-state index contributed by atoms with van der Waals surface area (Å²) >= 11 is 6.30. The minimum Gasteiger partial charge on any atom is -0.330 e. The van der Waals surface area contributed by atoms with E-state index >= 15 is 0 Å². The molecule has 0 radical (unpaired) electrons. The molecule has 8 heteroatoms. The number of nitrogens with one attached hydrogen (secondary N) is 3. The van der Waals surface area contributed by atoms with E-state index in [9.17, 15) is 14.4 Å². The number of rotatable bonds is 3. The van der Waals surface area contributed by atoms with Crippen LogP contribution in [0.25, 0.3) is 0 Å². The second-order valence-corrected chi connectivity index (χ2v) is 6.90. The Morgan fingerprint density at radius 3 is 2.37 bits per heavy atom. The van der Waals surface area contributed by atoms with E-state index in [0.717, 1.165) is 5.56 Å². The van der Waals surface area contributed by atoms with E-state index in [1.807, 2.05) is 30.3 Å². The first-order valence-electron chi connectivity index (χ1n) is 8.51. The molecule has 138 valence electrons. The van der Waals surface area contributed by atoms with Gasteiger partial charge in [-0.3, -0.25) is 15.0 Å². The van der Waals surface area contributed by atoms with E-state index < -0.39 is 36.1 Å². The molecular weight excluding hydrogens is 368 g/mol. The van der Waals surface area contributed by atoms with Crippen LogP contribution in [0.2, 0.25) is 5.02 Å². The van der Waals surface area contributed by atoms with Gasteiger partial charge in [0.1, 0.15) is 12.1 Å². The van der Waals surface area contributed by atoms with Crippen molar-refractivity contribution >= 4 is 29.6 Å². The van der Waals surface area contributed by atoms with Crippen LogP contribution in [0.1, 0.15) is 17.2 Å². The third-order valence-electron chi connectivity index (χ3n) is 4.83. The zero-order chi connectivity index (χ0) is 19.0. The summed E-state index contributed by atoms with van der Waals surface area (Å²) in [5, 5.41) is 8.33. The second-order valence-electron chi connectivity index (χ2n) is 6.50. The number of hydrogen-bond acceptors (Lipinski definition) is 3. The van der Waals surface area contributed by atoms with Gasteiger partial charge >= 0.3 is 12.1 Å². The highest BCUT2D eigenvalue weighted by molar-refractivity contribution is 6.31. The summed E-state index contributed by atoms with van der Waals surface area (Å²) in [5.41, 5.74) is 1.52. The number of urea groups is 2. The fourth-order valence-corrected chi connectivity index (χ4v) is 3.83. The molecule has 0 saturated carbocycles. The lowest BCUT2D eigenvalue weighted by Crippen LogP contribution is -2.71. The van der Waals surface area contributed by atoms with Gasteiger partial charge in [-0.25, -0.2) is 9.59 Å². The number of nitrogens with zero attached hydrogens (tertiary/aromatic N) is 1. The van der Waals surface area contributed by atoms with Gasteiger partial charge in [-0.2, -0.15) is 0 Å². The lowest BCUT2D eigenvalue weighted by molar-refractivity contribution is -0.130. The van der Waals surface area contributed by atoms with Crippen molar-refractivity contribution in [3.8, 4) is 0 Å². The van der Waals surface area contributed by atoms with E-state index in [4.69, 9.17) is 11.6 Å². The standard InChI is InChI=1S/C19H17ClN4O3/c20-13-9-5-4-8-12(13)15-14-16(22-18(26)21-15)24(19(27)23-17(14)25)10-11-6-2-1-3-7-11/h1-9,14-16H,10H2,(H2,21,22,26)(H,23,25,27). The Hall–Kier alpha value is -3.06. The Bertz CT molecular complexity index is 905. The monoisotopic (exact) mass is 384 g/mol. The van der Waals surface area contributed by atoms with Gasteiger partial charge in [0.2, 0.25) is 5.91 Å². The zero-order valence-corrected chi connectivity index (χ0v) is 14.9. The van der Waals surface area contributed by atoms with Gasteiger partial charge in [0.15, 0.2) is 0 Å². The predicted octanol–water partition coefficient (Wildman–Crippen LogP) is 2.39. The lowest BCUT2D eigenvalue weighted by Gasteiger charge is -2.46. The molecule has 2 heterocycles. The predicted molar refractivity (Wildman–Crippen MR) is 98.7 cm³/mol.